The molecule has 2 aromatic carbocycles. The number of amides is 1. The molecule has 0 bridgehead atoms. The van der Waals surface area contributed by atoms with Crippen molar-refractivity contribution in [1.82, 2.24) is 4.90 Å². The Morgan fingerprint density at radius 1 is 1.04 bits per heavy atom. The van der Waals surface area contributed by atoms with Crippen LogP contribution in [0.15, 0.2) is 48.5 Å². The van der Waals surface area contributed by atoms with E-state index in [0.717, 1.165) is 18.4 Å². The summed E-state index contributed by atoms with van der Waals surface area (Å²) in [4.78, 5) is 25.7. The van der Waals surface area contributed by atoms with Gasteiger partial charge in [0, 0.05) is 13.1 Å². The van der Waals surface area contributed by atoms with Gasteiger partial charge in [-0.25, -0.2) is 4.79 Å². The number of alkyl halides is 2. The molecule has 0 aliphatic carbocycles. The Balaban J connectivity index is 1.63. The third-order valence-corrected chi connectivity index (χ3v) is 4.99. The first kappa shape index (κ1) is 19.8. The molecular formula is C21H21F2NO4. The van der Waals surface area contributed by atoms with Crippen molar-refractivity contribution in [1.29, 1.82) is 0 Å². The number of aromatic carboxylic acids is 1. The molecule has 1 aliphatic heterocycles. The summed E-state index contributed by atoms with van der Waals surface area (Å²) in [5.41, 5.74) is 1.21. The predicted octanol–water partition coefficient (Wildman–Crippen LogP) is 4.08. The molecule has 0 saturated carbocycles. The van der Waals surface area contributed by atoms with Crippen LogP contribution in [0.2, 0.25) is 0 Å². The predicted molar refractivity (Wildman–Crippen MR) is 98.8 cm³/mol. The molecule has 1 aliphatic rings. The summed E-state index contributed by atoms with van der Waals surface area (Å²) in [6.07, 6.45) is 2.07. The van der Waals surface area contributed by atoms with Gasteiger partial charge in [0.15, 0.2) is 0 Å². The summed E-state index contributed by atoms with van der Waals surface area (Å²) in [5, 5.41) is 9.31. The number of nitrogens with zero attached hydrogens (tertiary/aromatic N) is 1. The van der Waals surface area contributed by atoms with Gasteiger partial charge < -0.3 is 14.7 Å². The number of hydrogen-bond donors (Lipinski definition) is 1. The summed E-state index contributed by atoms with van der Waals surface area (Å²) in [6.45, 7) is -2.02. The van der Waals surface area contributed by atoms with Crippen LogP contribution in [0.5, 0.6) is 5.75 Å². The molecule has 0 atom stereocenters. The number of carboxylic acids is 1. The molecule has 1 saturated heterocycles. The van der Waals surface area contributed by atoms with Crippen LogP contribution in [-0.4, -0.2) is 41.6 Å². The summed E-state index contributed by atoms with van der Waals surface area (Å²) in [5.74, 6) is -1.14. The van der Waals surface area contributed by atoms with E-state index in [9.17, 15) is 23.5 Å². The zero-order chi connectivity index (χ0) is 20.1. The fourth-order valence-electron chi connectivity index (χ4n) is 3.57. The van der Waals surface area contributed by atoms with Gasteiger partial charge in [-0.15, -0.1) is 0 Å². The average Bonchev–Trinajstić information content (AvgIpc) is 2.68. The number of halogens is 2. The zero-order valence-corrected chi connectivity index (χ0v) is 15.2. The molecule has 2 aromatic rings. The van der Waals surface area contributed by atoms with Crippen LogP contribution in [-0.2, 0) is 6.42 Å². The summed E-state index contributed by atoms with van der Waals surface area (Å²) in [6, 6.07) is 12.9. The van der Waals surface area contributed by atoms with Crippen LogP contribution in [0, 0.1) is 5.92 Å². The van der Waals surface area contributed by atoms with E-state index in [-0.39, 0.29) is 23.1 Å². The van der Waals surface area contributed by atoms with Crippen molar-refractivity contribution >= 4 is 11.9 Å². The Kier molecular flexibility index (Phi) is 6.23. The van der Waals surface area contributed by atoms with Crippen LogP contribution in [0.25, 0.3) is 0 Å². The number of benzene rings is 2. The summed E-state index contributed by atoms with van der Waals surface area (Å²) in [7, 11) is 0. The molecule has 1 fully saturated rings. The lowest BCUT2D eigenvalue weighted by atomic mass is 9.88. The largest absolute Gasteiger partial charge is 0.478 e. The van der Waals surface area contributed by atoms with Crippen molar-refractivity contribution in [3.63, 3.8) is 0 Å². The van der Waals surface area contributed by atoms with Crippen molar-refractivity contribution in [2.24, 2.45) is 5.92 Å². The molecule has 1 amide bonds. The lowest BCUT2D eigenvalue weighted by Crippen LogP contribution is -2.39. The second-order valence-electron chi connectivity index (χ2n) is 6.78. The zero-order valence-electron chi connectivity index (χ0n) is 15.2. The van der Waals surface area contributed by atoms with E-state index >= 15 is 0 Å². The molecule has 28 heavy (non-hydrogen) atoms. The van der Waals surface area contributed by atoms with E-state index in [2.05, 4.69) is 4.74 Å². The summed E-state index contributed by atoms with van der Waals surface area (Å²) >= 11 is 0. The summed E-state index contributed by atoms with van der Waals surface area (Å²) < 4.78 is 29.6. The number of hydrogen-bond acceptors (Lipinski definition) is 3. The molecular weight excluding hydrogens is 368 g/mol. The van der Waals surface area contributed by atoms with Gasteiger partial charge >= 0.3 is 12.6 Å². The van der Waals surface area contributed by atoms with Gasteiger partial charge in [-0.3, -0.25) is 4.79 Å². The highest BCUT2D eigenvalue weighted by Gasteiger charge is 2.26. The number of carbonyl (C=O) groups is 2. The third-order valence-electron chi connectivity index (χ3n) is 4.99. The molecule has 3 rings (SSSR count). The Labute approximate surface area is 161 Å². The highest BCUT2D eigenvalue weighted by atomic mass is 19.3. The van der Waals surface area contributed by atoms with E-state index in [1.807, 2.05) is 12.1 Å². The maximum atomic E-state index is 12.7. The number of carboxylic acid groups (broad SMARTS) is 1. The maximum absolute atomic E-state index is 12.7. The van der Waals surface area contributed by atoms with Gasteiger partial charge in [0.25, 0.3) is 5.91 Å². The van der Waals surface area contributed by atoms with Gasteiger partial charge in [-0.1, -0.05) is 30.3 Å². The fourth-order valence-corrected chi connectivity index (χ4v) is 3.57. The standard InChI is InChI=1S/C21H21F2NO4/c22-21(23)28-18-8-4-3-7-17(18)19(25)24-11-9-14(10-12-24)13-15-5-1-2-6-16(15)20(26)27/h1-8,14,21H,9-13H2,(H,26,27). The minimum absolute atomic E-state index is 0.123. The second kappa shape index (κ2) is 8.82. The highest BCUT2D eigenvalue weighted by molar-refractivity contribution is 5.97. The molecule has 1 heterocycles. The number of carbonyl (C=O) groups excluding carboxylic acids is 1. The number of para-hydroxylation sites is 1. The number of likely N-dealkylation sites (tertiary alicyclic amines) is 1. The Bertz CT molecular complexity index is 848. The van der Waals surface area contributed by atoms with E-state index in [1.54, 1.807) is 29.2 Å². The van der Waals surface area contributed by atoms with Crippen LogP contribution < -0.4 is 4.74 Å². The molecule has 5 nitrogen and oxygen atoms in total. The van der Waals surface area contributed by atoms with Gasteiger partial charge in [0.2, 0.25) is 0 Å². The minimum Gasteiger partial charge on any atom is -0.478 e. The highest BCUT2D eigenvalue weighted by Crippen LogP contribution is 2.27. The Hall–Kier alpha value is -2.96. The molecule has 7 heteroatoms. The molecule has 0 radical (unpaired) electrons. The van der Waals surface area contributed by atoms with Crippen molar-refractivity contribution in [2.45, 2.75) is 25.9 Å². The fraction of sp³-hybridized carbons (Fsp3) is 0.333. The number of ether oxygens (including phenoxy) is 1. The van der Waals surface area contributed by atoms with Crippen molar-refractivity contribution in [2.75, 3.05) is 13.1 Å². The first-order valence-electron chi connectivity index (χ1n) is 9.10. The third kappa shape index (κ3) is 4.65. The molecule has 1 N–H and O–H groups in total. The molecule has 0 spiro atoms. The lowest BCUT2D eigenvalue weighted by molar-refractivity contribution is -0.0503. The van der Waals surface area contributed by atoms with Crippen LogP contribution in [0.4, 0.5) is 8.78 Å². The Morgan fingerprint density at radius 2 is 1.64 bits per heavy atom. The van der Waals surface area contributed by atoms with Gasteiger partial charge in [-0.2, -0.15) is 8.78 Å². The van der Waals surface area contributed by atoms with E-state index < -0.39 is 12.6 Å². The second-order valence-corrected chi connectivity index (χ2v) is 6.78. The average molecular weight is 389 g/mol. The minimum atomic E-state index is -2.99. The van der Waals surface area contributed by atoms with Crippen molar-refractivity contribution < 1.29 is 28.2 Å². The quantitative estimate of drug-likeness (QED) is 0.808. The van der Waals surface area contributed by atoms with Crippen molar-refractivity contribution in [3.8, 4) is 5.75 Å². The molecule has 0 unspecified atom stereocenters. The van der Waals surface area contributed by atoms with Crippen LogP contribution in [0.3, 0.4) is 0 Å². The monoisotopic (exact) mass is 389 g/mol. The number of piperidine rings is 1. The number of rotatable bonds is 6. The van der Waals surface area contributed by atoms with E-state index in [0.29, 0.717) is 25.1 Å². The molecule has 0 aromatic heterocycles. The lowest BCUT2D eigenvalue weighted by Gasteiger charge is -2.32. The SMILES string of the molecule is O=C(O)c1ccccc1CC1CCN(C(=O)c2ccccc2OC(F)F)CC1. The normalized spacial score (nSPS) is 14.9. The van der Waals surface area contributed by atoms with Crippen LogP contribution >= 0.6 is 0 Å². The first-order valence-corrected chi connectivity index (χ1v) is 9.10. The topological polar surface area (TPSA) is 66.8 Å². The Morgan fingerprint density at radius 3 is 2.29 bits per heavy atom. The van der Waals surface area contributed by atoms with Gasteiger partial charge in [0.1, 0.15) is 5.75 Å². The van der Waals surface area contributed by atoms with Crippen molar-refractivity contribution in [3.05, 3.63) is 65.2 Å². The maximum Gasteiger partial charge on any atom is 0.387 e. The first-order chi connectivity index (χ1) is 13.5. The smallest absolute Gasteiger partial charge is 0.387 e. The van der Waals surface area contributed by atoms with Gasteiger partial charge in [0.05, 0.1) is 11.1 Å². The van der Waals surface area contributed by atoms with Crippen LogP contribution in [0.1, 0.15) is 39.1 Å². The van der Waals surface area contributed by atoms with Gasteiger partial charge in [-0.05, 0) is 48.9 Å². The van der Waals surface area contributed by atoms with E-state index in [4.69, 9.17) is 0 Å². The van der Waals surface area contributed by atoms with E-state index in [1.165, 1.54) is 12.1 Å². The molecule has 148 valence electrons.